The topological polar surface area (TPSA) is 29.5 Å². The van der Waals surface area contributed by atoms with Crippen LogP contribution in [0, 0.1) is 5.92 Å². The molecule has 1 aromatic rings. The Morgan fingerprint density at radius 2 is 2.22 bits per heavy atom. The fourth-order valence-electron chi connectivity index (χ4n) is 2.95. The molecule has 2 nitrogen and oxygen atoms in total. The van der Waals surface area contributed by atoms with E-state index < -0.39 is 0 Å². The third kappa shape index (κ3) is 2.57. The lowest BCUT2D eigenvalue weighted by Crippen LogP contribution is -2.21. The van der Waals surface area contributed by atoms with E-state index in [1.165, 1.54) is 24.8 Å². The van der Waals surface area contributed by atoms with Crippen molar-refractivity contribution in [2.45, 2.75) is 44.6 Å². The molecule has 2 aliphatic rings. The van der Waals surface area contributed by atoms with E-state index in [4.69, 9.17) is 4.74 Å². The number of fused-ring (bicyclic) bond motifs is 1. The van der Waals surface area contributed by atoms with Gasteiger partial charge in [0.2, 0.25) is 0 Å². The Morgan fingerprint density at radius 1 is 1.39 bits per heavy atom. The van der Waals surface area contributed by atoms with Gasteiger partial charge in [-0.3, -0.25) is 0 Å². The summed E-state index contributed by atoms with van der Waals surface area (Å²) in [6, 6.07) is 4.22. The molecule has 0 spiro atoms. The van der Waals surface area contributed by atoms with Gasteiger partial charge in [0.25, 0.3) is 0 Å². The first-order valence-corrected chi connectivity index (χ1v) is 7.64. The van der Waals surface area contributed by atoms with Crippen molar-refractivity contribution in [1.82, 2.24) is 0 Å². The molecule has 3 heteroatoms. The standard InChI is InChI=1S/C15H19BrO2/c16-13-7-11-4-5-18-15(11)12(8-13)9-14(17)6-10-2-1-3-10/h7-8,10,14,17H,1-6,9H2. The Hall–Kier alpha value is -0.540. The van der Waals surface area contributed by atoms with E-state index in [0.29, 0.717) is 0 Å². The van der Waals surface area contributed by atoms with Crippen LogP contribution in [0.3, 0.4) is 0 Å². The van der Waals surface area contributed by atoms with Crippen molar-refractivity contribution in [3.8, 4) is 5.75 Å². The summed E-state index contributed by atoms with van der Waals surface area (Å²) < 4.78 is 6.79. The summed E-state index contributed by atoms with van der Waals surface area (Å²) >= 11 is 3.54. The van der Waals surface area contributed by atoms with E-state index in [1.54, 1.807) is 0 Å². The van der Waals surface area contributed by atoms with Crippen LogP contribution >= 0.6 is 15.9 Å². The van der Waals surface area contributed by atoms with Gasteiger partial charge in [-0.1, -0.05) is 35.2 Å². The number of aliphatic hydroxyl groups excluding tert-OH is 1. The molecule has 0 amide bonds. The molecular weight excluding hydrogens is 292 g/mol. The number of rotatable bonds is 4. The molecule has 1 saturated carbocycles. The Bertz CT molecular complexity index is 440. The molecule has 1 aliphatic carbocycles. The van der Waals surface area contributed by atoms with Gasteiger partial charge in [-0.2, -0.15) is 0 Å². The van der Waals surface area contributed by atoms with Crippen molar-refractivity contribution >= 4 is 15.9 Å². The van der Waals surface area contributed by atoms with Gasteiger partial charge in [0.1, 0.15) is 5.75 Å². The van der Waals surface area contributed by atoms with Crippen molar-refractivity contribution in [1.29, 1.82) is 0 Å². The molecule has 98 valence electrons. The maximum atomic E-state index is 10.2. The van der Waals surface area contributed by atoms with Crippen molar-refractivity contribution in [3.05, 3.63) is 27.7 Å². The summed E-state index contributed by atoms with van der Waals surface area (Å²) in [5.74, 6) is 1.77. The number of hydrogen-bond acceptors (Lipinski definition) is 2. The van der Waals surface area contributed by atoms with Crippen molar-refractivity contribution in [3.63, 3.8) is 0 Å². The number of halogens is 1. The molecule has 1 N–H and O–H groups in total. The maximum absolute atomic E-state index is 10.2. The third-order valence-electron chi connectivity index (χ3n) is 4.11. The van der Waals surface area contributed by atoms with Crippen LogP contribution in [0.2, 0.25) is 0 Å². The van der Waals surface area contributed by atoms with Crippen molar-refractivity contribution in [2.24, 2.45) is 5.92 Å². The average molecular weight is 311 g/mol. The first kappa shape index (κ1) is 12.5. The summed E-state index contributed by atoms with van der Waals surface area (Å²) in [5, 5.41) is 10.2. The summed E-state index contributed by atoms with van der Waals surface area (Å²) in [7, 11) is 0. The minimum absolute atomic E-state index is 0.224. The van der Waals surface area contributed by atoms with Crippen LogP contribution in [0.4, 0.5) is 0 Å². The minimum atomic E-state index is -0.224. The average Bonchev–Trinajstić information content (AvgIpc) is 2.71. The molecular formula is C15H19BrO2. The molecule has 1 fully saturated rings. The number of ether oxygens (including phenoxy) is 1. The lowest BCUT2D eigenvalue weighted by molar-refractivity contribution is 0.117. The van der Waals surface area contributed by atoms with E-state index in [2.05, 4.69) is 28.1 Å². The van der Waals surface area contributed by atoms with Crippen LogP contribution in [-0.4, -0.2) is 17.8 Å². The van der Waals surface area contributed by atoms with Crippen LogP contribution < -0.4 is 4.74 Å². The maximum Gasteiger partial charge on any atom is 0.125 e. The van der Waals surface area contributed by atoms with Crippen molar-refractivity contribution in [2.75, 3.05) is 6.61 Å². The summed E-state index contributed by atoms with van der Waals surface area (Å²) in [4.78, 5) is 0. The quantitative estimate of drug-likeness (QED) is 0.922. The second-order valence-electron chi connectivity index (χ2n) is 5.54. The molecule has 1 aromatic carbocycles. The second kappa shape index (κ2) is 5.22. The lowest BCUT2D eigenvalue weighted by Gasteiger charge is -2.27. The second-order valence-corrected chi connectivity index (χ2v) is 6.46. The lowest BCUT2D eigenvalue weighted by atomic mass is 9.80. The first-order valence-electron chi connectivity index (χ1n) is 6.84. The molecule has 0 bridgehead atoms. The van der Waals surface area contributed by atoms with Crippen LogP contribution in [0.15, 0.2) is 16.6 Å². The Morgan fingerprint density at radius 3 is 2.94 bits per heavy atom. The zero-order chi connectivity index (χ0) is 12.5. The molecule has 0 aromatic heterocycles. The molecule has 1 aliphatic heterocycles. The molecule has 18 heavy (non-hydrogen) atoms. The van der Waals surface area contributed by atoms with Gasteiger partial charge in [0, 0.05) is 17.3 Å². The number of aliphatic hydroxyl groups is 1. The van der Waals surface area contributed by atoms with Gasteiger partial charge in [-0.25, -0.2) is 0 Å². The highest BCUT2D eigenvalue weighted by Gasteiger charge is 2.23. The highest BCUT2D eigenvalue weighted by atomic mass is 79.9. The van der Waals surface area contributed by atoms with E-state index in [-0.39, 0.29) is 6.10 Å². The van der Waals surface area contributed by atoms with Crippen LogP contribution in [-0.2, 0) is 12.8 Å². The largest absolute Gasteiger partial charge is 0.493 e. The highest BCUT2D eigenvalue weighted by Crippen LogP contribution is 2.35. The molecule has 3 rings (SSSR count). The molecule has 0 radical (unpaired) electrons. The Balaban J connectivity index is 1.71. The van der Waals surface area contributed by atoms with Crippen molar-refractivity contribution < 1.29 is 9.84 Å². The van der Waals surface area contributed by atoms with E-state index in [1.807, 2.05) is 0 Å². The highest BCUT2D eigenvalue weighted by molar-refractivity contribution is 9.10. The van der Waals surface area contributed by atoms with Gasteiger partial charge in [-0.05, 0) is 35.6 Å². The zero-order valence-electron chi connectivity index (χ0n) is 10.5. The smallest absolute Gasteiger partial charge is 0.125 e. The van der Waals surface area contributed by atoms with Gasteiger partial charge >= 0.3 is 0 Å². The fraction of sp³-hybridized carbons (Fsp3) is 0.600. The number of hydrogen-bond donors (Lipinski definition) is 1. The predicted octanol–water partition coefficient (Wildman–Crippen LogP) is 3.48. The molecule has 0 saturated heterocycles. The Kier molecular flexibility index (Phi) is 3.62. The summed E-state index contributed by atoms with van der Waals surface area (Å²) in [6.45, 7) is 0.775. The van der Waals surface area contributed by atoms with Gasteiger partial charge in [-0.15, -0.1) is 0 Å². The fourth-order valence-corrected chi connectivity index (χ4v) is 3.50. The van der Waals surface area contributed by atoms with E-state index in [0.717, 1.165) is 47.6 Å². The third-order valence-corrected chi connectivity index (χ3v) is 4.57. The van der Waals surface area contributed by atoms with Gasteiger partial charge < -0.3 is 9.84 Å². The predicted molar refractivity (Wildman–Crippen MR) is 75.0 cm³/mol. The van der Waals surface area contributed by atoms with E-state index >= 15 is 0 Å². The van der Waals surface area contributed by atoms with Crippen LogP contribution in [0.25, 0.3) is 0 Å². The van der Waals surface area contributed by atoms with E-state index in [9.17, 15) is 5.11 Å². The summed E-state index contributed by atoms with van der Waals surface area (Å²) in [5.41, 5.74) is 2.43. The Labute approximate surface area is 116 Å². The van der Waals surface area contributed by atoms with Crippen LogP contribution in [0.5, 0.6) is 5.75 Å². The monoisotopic (exact) mass is 310 g/mol. The zero-order valence-corrected chi connectivity index (χ0v) is 12.1. The molecule has 1 unspecified atom stereocenters. The SMILES string of the molecule is OC(Cc1cc(Br)cc2c1OCC2)CC1CCC1. The summed E-state index contributed by atoms with van der Waals surface area (Å²) in [6.07, 6.45) is 6.36. The van der Waals surface area contributed by atoms with Crippen LogP contribution in [0.1, 0.15) is 36.8 Å². The minimum Gasteiger partial charge on any atom is -0.493 e. The molecule has 1 heterocycles. The molecule has 1 atom stereocenters. The first-order chi connectivity index (χ1) is 8.72. The normalized spacial score (nSPS) is 20.1. The number of benzene rings is 1. The van der Waals surface area contributed by atoms with Gasteiger partial charge in [0.05, 0.1) is 12.7 Å². The van der Waals surface area contributed by atoms with Gasteiger partial charge in [0.15, 0.2) is 0 Å².